The maximum absolute atomic E-state index is 11.7. The van der Waals surface area contributed by atoms with Crippen LogP contribution in [0.3, 0.4) is 0 Å². The third-order valence-corrected chi connectivity index (χ3v) is 2.43. The second kappa shape index (κ2) is 6.78. The van der Waals surface area contributed by atoms with Gasteiger partial charge in [0.2, 0.25) is 0 Å². The lowest BCUT2D eigenvalue weighted by atomic mass is 10.1. The Labute approximate surface area is 124 Å². The fourth-order valence-electron chi connectivity index (χ4n) is 1.56. The number of amides is 1. The first kappa shape index (κ1) is 16.6. The normalized spacial score (nSPS) is 12.5. The van der Waals surface area contributed by atoms with Crippen molar-refractivity contribution in [2.45, 2.75) is 33.3 Å². The average molecular weight is 290 g/mol. The van der Waals surface area contributed by atoms with Crippen molar-refractivity contribution >= 4 is 17.6 Å². The molecule has 0 aromatic carbocycles. The number of pyridine rings is 1. The lowest BCUT2D eigenvalue weighted by Crippen LogP contribution is -2.27. The van der Waals surface area contributed by atoms with Gasteiger partial charge in [-0.3, -0.25) is 5.32 Å². The van der Waals surface area contributed by atoms with Crippen LogP contribution in [0.4, 0.5) is 10.6 Å². The SMILES string of the molecule is Cc1cnc(NC(=O)OC(C)(C)C)cc1/C(N)=C/C=C\N. The monoisotopic (exact) mass is 290 g/mol. The van der Waals surface area contributed by atoms with E-state index in [4.69, 9.17) is 16.2 Å². The van der Waals surface area contributed by atoms with E-state index in [1.165, 1.54) is 6.20 Å². The van der Waals surface area contributed by atoms with Gasteiger partial charge in [-0.05, 0) is 57.7 Å². The number of ether oxygens (including phenoxy) is 1. The molecule has 1 rings (SSSR count). The lowest BCUT2D eigenvalue weighted by molar-refractivity contribution is 0.0635. The molecule has 0 atom stereocenters. The summed E-state index contributed by atoms with van der Waals surface area (Å²) in [5.74, 6) is 0.373. The molecule has 21 heavy (non-hydrogen) atoms. The summed E-state index contributed by atoms with van der Waals surface area (Å²) >= 11 is 0. The molecule has 0 radical (unpaired) electrons. The van der Waals surface area contributed by atoms with Crippen LogP contribution in [-0.2, 0) is 4.74 Å². The number of carbonyl (C=O) groups excluding carboxylic acids is 1. The van der Waals surface area contributed by atoms with Crippen LogP contribution in [0, 0.1) is 6.92 Å². The van der Waals surface area contributed by atoms with Crippen LogP contribution >= 0.6 is 0 Å². The fraction of sp³-hybridized carbons (Fsp3) is 0.333. The first-order valence-electron chi connectivity index (χ1n) is 6.54. The van der Waals surface area contributed by atoms with Crippen molar-refractivity contribution in [2.75, 3.05) is 5.32 Å². The minimum atomic E-state index is -0.567. The molecule has 1 aromatic rings. The zero-order chi connectivity index (χ0) is 16.0. The molecule has 6 heteroatoms. The van der Waals surface area contributed by atoms with Gasteiger partial charge in [-0.15, -0.1) is 0 Å². The van der Waals surface area contributed by atoms with Crippen LogP contribution in [0.2, 0.25) is 0 Å². The number of hydrogen-bond acceptors (Lipinski definition) is 5. The van der Waals surface area contributed by atoms with Gasteiger partial charge in [0.1, 0.15) is 11.4 Å². The first-order chi connectivity index (χ1) is 9.73. The van der Waals surface area contributed by atoms with Gasteiger partial charge in [-0.25, -0.2) is 9.78 Å². The molecular formula is C15H22N4O2. The molecule has 1 amide bonds. The van der Waals surface area contributed by atoms with Crippen LogP contribution < -0.4 is 16.8 Å². The van der Waals surface area contributed by atoms with Crippen LogP contribution in [0.5, 0.6) is 0 Å². The minimum Gasteiger partial charge on any atom is -0.444 e. The molecule has 0 spiro atoms. The van der Waals surface area contributed by atoms with Gasteiger partial charge in [-0.1, -0.05) is 0 Å². The van der Waals surface area contributed by atoms with E-state index in [1.54, 1.807) is 45.2 Å². The molecule has 0 aliphatic rings. The zero-order valence-electron chi connectivity index (χ0n) is 12.8. The Balaban J connectivity index is 2.94. The second-order valence-electron chi connectivity index (χ2n) is 5.52. The molecule has 0 saturated carbocycles. The number of nitrogens with zero attached hydrogens (tertiary/aromatic N) is 1. The number of hydrogen-bond donors (Lipinski definition) is 3. The molecular weight excluding hydrogens is 268 g/mol. The Morgan fingerprint density at radius 1 is 1.43 bits per heavy atom. The first-order valence-corrected chi connectivity index (χ1v) is 6.54. The summed E-state index contributed by atoms with van der Waals surface area (Å²) < 4.78 is 5.17. The Morgan fingerprint density at radius 3 is 2.67 bits per heavy atom. The number of aryl methyl sites for hydroxylation is 1. The molecule has 0 unspecified atom stereocenters. The molecule has 0 bridgehead atoms. The number of anilines is 1. The van der Waals surface area contributed by atoms with Crippen molar-refractivity contribution in [1.82, 2.24) is 4.98 Å². The molecule has 0 fully saturated rings. The van der Waals surface area contributed by atoms with Gasteiger partial charge in [-0.2, -0.15) is 0 Å². The second-order valence-corrected chi connectivity index (χ2v) is 5.52. The van der Waals surface area contributed by atoms with Crippen molar-refractivity contribution in [3.05, 3.63) is 41.7 Å². The van der Waals surface area contributed by atoms with E-state index in [9.17, 15) is 4.79 Å². The van der Waals surface area contributed by atoms with Gasteiger partial charge in [0.25, 0.3) is 0 Å². The van der Waals surface area contributed by atoms with Crippen molar-refractivity contribution in [1.29, 1.82) is 0 Å². The number of allylic oxidation sites excluding steroid dienone is 2. The molecule has 0 aliphatic heterocycles. The highest BCUT2D eigenvalue weighted by atomic mass is 16.6. The molecule has 0 aliphatic carbocycles. The summed E-state index contributed by atoms with van der Waals surface area (Å²) in [7, 11) is 0. The number of nitrogens with two attached hydrogens (primary N) is 2. The number of carbonyl (C=O) groups is 1. The van der Waals surface area contributed by atoms with Crippen molar-refractivity contribution in [3.8, 4) is 0 Å². The maximum atomic E-state index is 11.7. The molecule has 0 saturated heterocycles. The molecule has 6 nitrogen and oxygen atoms in total. The van der Waals surface area contributed by atoms with E-state index in [1.807, 2.05) is 6.92 Å². The number of nitrogens with one attached hydrogen (secondary N) is 1. The van der Waals surface area contributed by atoms with Gasteiger partial charge >= 0.3 is 6.09 Å². The molecule has 114 valence electrons. The van der Waals surface area contributed by atoms with Gasteiger partial charge in [0.05, 0.1) is 0 Å². The van der Waals surface area contributed by atoms with Crippen LogP contribution in [0.1, 0.15) is 31.9 Å². The van der Waals surface area contributed by atoms with E-state index < -0.39 is 11.7 Å². The summed E-state index contributed by atoms with van der Waals surface area (Å²) in [6.45, 7) is 7.26. The maximum Gasteiger partial charge on any atom is 0.413 e. The zero-order valence-corrected chi connectivity index (χ0v) is 12.8. The lowest BCUT2D eigenvalue weighted by Gasteiger charge is -2.19. The quantitative estimate of drug-likeness (QED) is 0.742. The summed E-state index contributed by atoms with van der Waals surface area (Å²) in [5, 5.41) is 2.58. The topological polar surface area (TPSA) is 103 Å². The number of aromatic nitrogens is 1. The van der Waals surface area contributed by atoms with Crippen LogP contribution in [0.25, 0.3) is 5.70 Å². The molecule has 5 N–H and O–H groups in total. The molecule has 1 aromatic heterocycles. The summed E-state index contributed by atoms with van der Waals surface area (Å²) in [6.07, 6.45) is 5.78. The summed E-state index contributed by atoms with van der Waals surface area (Å²) in [6, 6.07) is 1.69. The summed E-state index contributed by atoms with van der Waals surface area (Å²) in [4.78, 5) is 15.9. The molecule has 1 heterocycles. The van der Waals surface area contributed by atoms with Crippen LogP contribution in [0.15, 0.2) is 30.6 Å². The van der Waals surface area contributed by atoms with Gasteiger partial charge in [0, 0.05) is 17.5 Å². The predicted octanol–water partition coefficient (Wildman–Crippen LogP) is 2.51. The Kier molecular flexibility index (Phi) is 5.35. The highest BCUT2D eigenvalue weighted by molar-refractivity contribution is 5.84. The Hall–Kier alpha value is -2.50. The Bertz CT molecular complexity index is 572. The van der Waals surface area contributed by atoms with E-state index in [-0.39, 0.29) is 0 Å². The standard InChI is InChI=1S/C15H22N4O2/c1-10-9-18-13(19-14(20)21-15(2,3)4)8-11(10)12(17)6-5-7-16/h5-9H,16-17H2,1-4H3,(H,18,19,20)/b7-5-,12-6-. The van der Waals surface area contributed by atoms with Crippen molar-refractivity contribution in [3.63, 3.8) is 0 Å². The van der Waals surface area contributed by atoms with Gasteiger partial charge in [0.15, 0.2) is 0 Å². The van der Waals surface area contributed by atoms with E-state index in [0.29, 0.717) is 11.5 Å². The number of rotatable bonds is 3. The fourth-order valence-corrected chi connectivity index (χ4v) is 1.56. The third kappa shape index (κ3) is 5.56. The van der Waals surface area contributed by atoms with Crippen LogP contribution in [-0.4, -0.2) is 16.7 Å². The van der Waals surface area contributed by atoms with E-state index in [2.05, 4.69) is 10.3 Å². The Morgan fingerprint density at radius 2 is 2.10 bits per heavy atom. The minimum absolute atomic E-state index is 0.373. The average Bonchev–Trinajstić information content (AvgIpc) is 2.36. The predicted molar refractivity (Wildman–Crippen MR) is 84.3 cm³/mol. The van der Waals surface area contributed by atoms with Crippen molar-refractivity contribution in [2.24, 2.45) is 11.5 Å². The largest absolute Gasteiger partial charge is 0.444 e. The van der Waals surface area contributed by atoms with E-state index >= 15 is 0 Å². The summed E-state index contributed by atoms with van der Waals surface area (Å²) in [5.41, 5.74) is 12.9. The van der Waals surface area contributed by atoms with Crippen molar-refractivity contribution < 1.29 is 9.53 Å². The highest BCUT2D eigenvalue weighted by Crippen LogP contribution is 2.18. The van der Waals surface area contributed by atoms with E-state index in [0.717, 1.165) is 11.1 Å². The highest BCUT2D eigenvalue weighted by Gasteiger charge is 2.17. The smallest absolute Gasteiger partial charge is 0.413 e. The third-order valence-electron chi connectivity index (χ3n) is 2.43. The van der Waals surface area contributed by atoms with Gasteiger partial charge < -0.3 is 16.2 Å².